The van der Waals surface area contributed by atoms with E-state index in [1.54, 1.807) is 6.92 Å². The van der Waals surface area contributed by atoms with Crippen molar-refractivity contribution < 1.29 is 30.0 Å². The molecule has 6 nitrogen and oxygen atoms in total. The Bertz CT molecular complexity index is 237. The Morgan fingerprint density at radius 3 is 2.00 bits per heavy atom. The zero-order chi connectivity index (χ0) is 14.3. The van der Waals surface area contributed by atoms with E-state index >= 15 is 0 Å². The standard InChI is InChI=1S/C12H24O6/c1-8(13)4-5-12(11(16)17,6-9(2)14)18-7-10(3)15/h8-10,13-15H,4-7H2,1-3H3,(H,16,17). The molecule has 0 saturated carbocycles. The van der Waals surface area contributed by atoms with E-state index in [0.29, 0.717) is 0 Å². The SMILES string of the molecule is CC(O)CCC(CC(C)O)(OCC(C)O)C(=O)O. The predicted octanol–water partition coefficient (Wildman–Crippen LogP) is 0.139. The highest BCUT2D eigenvalue weighted by Gasteiger charge is 2.41. The normalized spacial score (nSPS) is 19.9. The second kappa shape index (κ2) is 7.68. The van der Waals surface area contributed by atoms with Gasteiger partial charge in [0.05, 0.1) is 24.9 Å². The summed E-state index contributed by atoms with van der Waals surface area (Å²) in [7, 11) is 0. The van der Waals surface area contributed by atoms with Gasteiger partial charge in [-0.15, -0.1) is 0 Å². The van der Waals surface area contributed by atoms with Gasteiger partial charge in [-0.1, -0.05) is 0 Å². The summed E-state index contributed by atoms with van der Waals surface area (Å²) in [4.78, 5) is 11.4. The Balaban J connectivity index is 4.84. The number of aliphatic hydroxyl groups excluding tert-OH is 3. The van der Waals surface area contributed by atoms with Gasteiger partial charge in [0.1, 0.15) is 0 Å². The number of hydrogen-bond acceptors (Lipinski definition) is 5. The van der Waals surface area contributed by atoms with Crippen molar-refractivity contribution in [3.8, 4) is 0 Å². The molecule has 108 valence electrons. The molecule has 0 aromatic carbocycles. The fraction of sp³-hybridized carbons (Fsp3) is 0.917. The van der Waals surface area contributed by atoms with Crippen LogP contribution in [-0.4, -0.2) is 56.9 Å². The van der Waals surface area contributed by atoms with Crippen LogP contribution in [0.4, 0.5) is 0 Å². The maximum absolute atomic E-state index is 11.4. The molecule has 0 aliphatic carbocycles. The fourth-order valence-corrected chi connectivity index (χ4v) is 1.69. The Kier molecular flexibility index (Phi) is 7.39. The topological polar surface area (TPSA) is 107 Å². The van der Waals surface area contributed by atoms with Crippen LogP contribution < -0.4 is 0 Å². The molecule has 0 spiro atoms. The number of carboxylic acids is 1. The van der Waals surface area contributed by atoms with Gasteiger partial charge >= 0.3 is 5.97 Å². The Morgan fingerprint density at radius 1 is 1.11 bits per heavy atom. The van der Waals surface area contributed by atoms with Crippen molar-refractivity contribution in [2.75, 3.05) is 6.61 Å². The van der Waals surface area contributed by atoms with E-state index < -0.39 is 29.9 Å². The van der Waals surface area contributed by atoms with Crippen LogP contribution in [0.3, 0.4) is 0 Å². The van der Waals surface area contributed by atoms with Crippen LogP contribution in [0.2, 0.25) is 0 Å². The predicted molar refractivity (Wildman–Crippen MR) is 65.2 cm³/mol. The minimum atomic E-state index is -1.57. The number of ether oxygens (including phenoxy) is 1. The average molecular weight is 264 g/mol. The van der Waals surface area contributed by atoms with Crippen molar-refractivity contribution in [2.24, 2.45) is 0 Å². The minimum Gasteiger partial charge on any atom is -0.479 e. The van der Waals surface area contributed by atoms with Gasteiger partial charge in [0, 0.05) is 6.42 Å². The van der Waals surface area contributed by atoms with Crippen molar-refractivity contribution in [1.82, 2.24) is 0 Å². The Hall–Kier alpha value is -0.690. The second-order valence-corrected chi connectivity index (χ2v) is 4.90. The lowest BCUT2D eigenvalue weighted by Crippen LogP contribution is -2.46. The summed E-state index contributed by atoms with van der Waals surface area (Å²) < 4.78 is 5.29. The Morgan fingerprint density at radius 2 is 1.67 bits per heavy atom. The number of hydrogen-bond donors (Lipinski definition) is 4. The molecule has 6 heteroatoms. The molecule has 0 aromatic heterocycles. The zero-order valence-corrected chi connectivity index (χ0v) is 11.2. The van der Waals surface area contributed by atoms with E-state index in [9.17, 15) is 25.2 Å². The highest BCUT2D eigenvalue weighted by molar-refractivity contribution is 5.77. The average Bonchev–Trinajstić information content (AvgIpc) is 2.21. The van der Waals surface area contributed by atoms with E-state index in [1.165, 1.54) is 13.8 Å². The first-order chi connectivity index (χ1) is 8.19. The maximum Gasteiger partial charge on any atom is 0.336 e. The molecule has 4 atom stereocenters. The molecule has 0 amide bonds. The summed E-state index contributed by atoms with van der Waals surface area (Å²) in [5.41, 5.74) is -1.57. The highest BCUT2D eigenvalue weighted by Crippen LogP contribution is 2.26. The molecule has 0 heterocycles. The van der Waals surface area contributed by atoms with Crippen molar-refractivity contribution in [1.29, 1.82) is 0 Å². The number of rotatable bonds is 9. The van der Waals surface area contributed by atoms with Gasteiger partial charge in [0.25, 0.3) is 0 Å². The molecular weight excluding hydrogens is 240 g/mol. The Labute approximate surface area is 107 Å². The van der Waals surface area contributed by atoms with Gasteiger partial charge < -0.3 is 25.2 Å². The molecule has 18 heavy (non-hydrogen) atoms. The molecule has 0 aliphatic heterocycles. The number of aliphatic hydroxyl groups is 3. The maximum atomic E-state index is 11.4. The van der Waals surface area contributed by atoms with E-state index in [0.717, 1.165) is 0 Å². The lowest BCUT2D eigenvalue weighted by Gasteiger charge is -2.31. The van der Waals surface area contributed by atoms with E-state index in [1.807, 2.05) is 0 Å². The summed E-state index contributed by atoms with van der Waals surface area (Å²) in [5, 5.41) is 37.1. The highest BCUT2D eigenvalue weighted by atomic mass is 16.5. The summed E-state index contributed by atoms with van der Waals surface area (Å²) in [5.74, 6) is -1.19. The lowest BCUT2D eigenvalue weighted by atomic mass is 9.90. The van der Waals surface area contributed by atoms with Gasteiger partial charge in [-0.25, -0.2) is 4.79 Å². The van der Waals surface area contributed by atoms with E-state index in [4.69, 9.17) is 4.74 Å². The van der Waals surface area contributed by atoms with Gasteiger partial charge in [-0.2, -0.15) is 0 Å². The molecule has 0 aliphatic rings. The monoisotopic (exact) mass is 264 g/mol. The third-order valence-electron chi connectivity index (χ3n) is 2.58. The van der Waals surface area contributed by atoms with Crippen LogP contribution in [0.15, 0.2) is 0 Å². The van der Waals surface area contributed by atoms with Gasteiger partial charge in [-0.05, 0) is 33.6 Å². The third kappa shape index (κ3) is 6.30. The molecule has 4 unspecified atom stereocenters. The van der Waals surface area contributed by atoms with Crippen molar-refractivity contribution in [2.45, 2.75) is 63.9 Å². The summed E-state index contributed by atoms with van der Waals surface area (Å²) in [6.07, 6.45) is -2.03. The summed E-state index contributed by atoms with van der Waals surface area (Å²) in [6.45, 7) is 4.40. The smallest absolute Gasteiger partial charge is 0.336 e. The quantitative estimate of drug-likeness (QED) is 0.472. The van der Waals surface area contributed by atoms with E-state index in [-0.39, 0.29) is 25.9 Å². The molecule has 0 radical (unpaired) electrons. The first kappa shape index (κ1) is 17.3. The molecule has 0 saturated heterocycles. The molecule has 0 aromatic rings. The molecule has 0 bridgehead atoms. The summed E-state index contributed by atoms with van der Waals surface area (Å²) >= 11 is 0. The lowest BCUT2D eigenvalue weighted by molar-refractivity contribution is -0.176. The van der Waals surface area contributed by atoms with Crippen LogP contribution in [0.1, 0.15) is 40.0 Å². The van der Waals surface area contributed by atoms with Crippen LogP contribution in [0.25, 0.3) is 0 Å². The molecule has 0 rings (SSSR count). The van der Waals surface area contributed by atoms with E-state index in [2.05, 4.69) is 0 Å². The third-order valence-corrected chi connectivity index (χ3v) is 2.58. The first-order valence-electron chi connectivity index (χ1n) is 6.11. The van der Waals surface area contributed by atoms with Gasteiger partial charge in [0.2, 0.25) is 0 Å². The van der Waals surface area contributed by atoms with Crippen molar-refractivity contribution in [3.63, 3.8) is 0 Å². The van der Waals surface area contributed by atoms with Gasteiger partial charge in [0.15, 0.2) is 5.60 Å². The second-order valence-electron chi connectivity index (χ2n) is 4.90. The number of carboxylic acid groups (broad SMARTS) is 1. The first-order valence-corrected chi connectivity index (χ1v) is 6.11. The number of aliphatic carboxylic acids is 1. The fourth-order valence-electron chi connectivity index (χ4n) is 1.69. The minimum absolute atomic E-state index is 0.0810. The van der Waals surface area contributed by atoms with Crippen LogP contribution >= 0.6 is 0 Å². The zero-order valence-electron chi connectivity index (χ0n) is 11.2. The van der Waals surface area contributed by atoms with Crippen molar-refractivity contribution >= 4 is 5.97 Å². The van der Waals surface area contributed by atoms with Crippen LogP contribution in [-0.2, 0) is 9.53 Å². The molecule has 0 fully saturated rings. The van der Waals surface area contributed by atoms with Crippen molar-refractivity contribution in [3.05, 3.63) is 0 Å². The van der Waals surface area contributed by atoms with Crippen LogP contribution in [0, 0.1) is 0 Å². The van der Waals surface area contributed by atoms with Gasteiger partial charge in [-0.3, -0.25) is 0 Å². The van der Waals surface area contributed by atoms with Crippen LogP contribution in [0.5, 0.6) is 0 Å². The number of carbonyl (C=O) groups is 1. The molecular formula is C12H24O6. The largest absolute Gasteiger partial charge is 0.479 e. The molecule has 4 N–H and O–H groups in total. The summed E-state index contributed by atoms with van der Waals surface area (Å²) in [6, 6.07) is 0.